The molecule has 5 heteroatoms. The Morgan fingerprint density at radius 2 is 2.08 bits per heavy atom. The Morgan fingerprint density at radius 3 is 2.38 bits per heavy atom. The molecule has 70 valence electrons. The molecule has 2 amide bonds. The lowest BCUT2D eigenvalue weighted by molar-refractivity contribution is -0.131. The lowest BCUT2D eigenvalue weighted by atomic mass is 9.91. The number of aliphatic hydroxyl groups is 1. The van der Waals surface area contributed by atoms with E-state index in [1.807, 2.05) is 0 Å². The molecule has 13 heavy (non-hydrogen) atoms. The molecule has 5 nitrogen and oxygen atoms in total. The maximum Gasteiger partial charge on any atom is 0.253 e. The summed E-state index contributed by atoms with van der Waals surface area (Å²) in [6.45, 7) is 0. The second kappa shape index (κ2) is 3.02. The van der Waals surface area contributed by atoms with Crippen molar-refractivity contribution in [2.45, 2.75) is 12.0 Å². The summed E-state index contributed by atoms with van der Waals surface area (Å²) in [4.78, 5) is 21.4. The van der Waals surface area contributed by atoms with Gasteiger partial charge in [0, 0.05) is 12.0 Å². The summed E-state index contributed by atoms with van der Waals surface area (Å²) in [5, 5.41) is 9.49. The third-order valence-electron chi connectivity index (χ3n) is 1.88. The van der Waals surface area contributed by atoms with E-state index in [1.165, 1.54) is 18.2 Å². The summed E-state index contributed by atoms with van der Waals surface area (Å²) in [5.74, 6) is -1.44. The van der Waals surface area contributed by atoms with Crippen molar-refractivity contribution in [2.75, 3.05) is 0 Å². The van der Waals surface area contributed by atoms with Crippen molar-refractivity contribution in [2.24, 2.45) is 11.5 Å². The van der Waals surface area contributed by atoms with Gasteiger partial charge >= 0.3 is 0 Å². The first-order valence-electron chi connectivity index (χ1n) is 3.67. The monoisotopic (exact) mass is 182 g/mol. The van der Waals surface area contributed by atoms with Gasteiger partial charge in [0.1, 0.15) is 0 Å². The van der Waals surface area contributed by atoms with E-state index in [4.69, 9.17) is 11.5 Å². The lowest BCUT2D eigenvalue weighted by Crippen LogP contribution is -2.42. The molecule has 5 N–H and O–H groups in total. The smallest absolute Gasteiger partial charge is 0.253 e. The lowest BCUT2D eigenvalue weighted by Gasteiger charge is -2.21. The minimum atomic E-state index is -1.68. The molecule has 0 aromatic rings. The third kappa shape index (κ3) is 1.75. The Bertz CT molecular complexity index is 319. The van der Waals surface area contributed by atoms with E-state index in [0.29, 0.717) is 0 Å². The number of nitrogens with two attached hydrogens (primary N) is 2. The first kappa shape index (κ1) is 9.47. The van der Waals surface area contributed by atoms with E-state index < -0.39 is 17.4 Å². The zero-order chi connectivity index (χ0) is 10.1. The van der Waals surface area contributed by atoms with Crippen molar-refractivity contribution >= 4 is 11.8 Å². The van der Waals surface area contributed by atoms with Crippen LogP contribution in [-0.4, -0.2) is 22.5 Å². The first-order valence-corrected chi connectivity index (χ1v) is 3.67. The van der Waals surface area contributed by atoms with Crippen molar-refractivity contribution in [3.8, 4) is 0 Å². The van der Waals surface area contributed by atoms with E-state index in [1.54, 1.807) is 0 Å². The van der Waals surface area contributed by atoms with Crippen LogP contribution >= 0.6 is 0 Å². The number of amides is 2. The maximum absolute atomic E-state index is 10.7. The number of primary amides is 2. The van der Waals surface area contributed by atoms with Gasteiger partial charge < -0.3 is 16.6 Å². The van der Waals surface area contributed by atoms with Crippen LogP contribution in [0.2, 0.25) is 0 Å². The van der Waals surface area contributed by atoms with Gasteiger partial charge in [0.15, 0.2) is 5.60 Å². The molecule has 1 rings (SSSR count). The largest absolute Gasteiger partial charge is 0.376 e. The fraction of sp³-hybridized carbons (Fsp3) is 0.250. The summed E-state index contributed by atoms with van der Waals surface area (Å²) >= 11 is 0. The standard InChI is InChI=1S/C8H10N2O3/c9-6(11)5-1-3-8(13,4-2-5)7(10)12/h1-3,13H,4H2,(H2,9,11)(H2,10,12). The molecule has 0 spiro atoms. The summed E-state index contributed by atoms with van der Waals surface area (Å²) < 4.78 is 0. The zero-order valence-corrected chi connectivity index (χ0v) is 6.86. The number of carbonyl (C=O) groups excluding carboxylic acids is 2. The zero-order valence-electron chi connectivity index (χ0n) is 6.86. The predicted molar refractivity (Wildman–Crippen MR) is 45.2 cm³/mol. The van der Waals surface area contributed by atoms with Crippen molar-refractivity contribution in [3.63, 3.8) is 0 Å². The van der Waals surface area contributed by atoms with Gasteiger partial charge in [0.25, 0.3) is 5.91 Å². The highest BCUT2D eigenvalue weighted by atomic mass is 16.3. The van der Waals surface area contributed by atoms with Crippen LogP contribution < -0.4 is 11.5 Å². The SMILES string of the molecule is NC(=O)C1=CCC(O)(C(N)=O)C=C1. The minimum absolute atomic E-state index is 0.0168. The van der Waals surface area contributed by atoms with Crippen LogP contribution in [0, 0.1) is 0 Å². The van der Waals surface area contributed by atoms with Crippen LogP contribution in [0.15, 0.2) is 23.8 Å². The van der Waals surface area contributed by atoms with Gasteiger partial charge in [0.05, 0.1) is 0 Å². The van der Waals surface area contributed by atoms with Gasteiger partial charge in [0.2, 0.25) is 5.91 Å². The molecule has 1 atom stereocenters. The van der Waals surface area contributed by atoms with Crippen molar-refractivity contribution in [1.82, 2.24) is 0 Å². The normalized spacial score (nSPS) is 26.7. The number of hydrogen-bond acceptors (Lipinski definition) is 3. The molecule has 0 saturated carbocycles. The Kier molecular flexibility index (Phi) is 2.20. The van der Waals surface area contributed by atoms with Crippen molar-refractivity contribution in [3.05, 3.63) is 23.8 Å². The maximum atomic E-state index is 10.7. The molecule has 1 aliphatic rings. The summed E-state index contributed by atoms with van der Waals surface area (Å²) in [6.07, 6.45) is 3.83. The summed E-state index contributed by atoms with van der Waals surface area (Å²) in [5.41, 5.74) is 8.50. The van der Waals surface area contributed by atoms with Crippen LogP contribution in [0.4, 0.5) is 0 Å². The average Bonchev–Trinajstić information content (AvgIpc) is 2.04. The van der Waals surface area contributed by atoms with Gasteiger partial charge in [-0.05, 0) is 6.08 Å². The van der Waals surface area contributed by atoms with Crippen LogP contribution in [0.3, 0.4) is 0 Å². The molecule has 0 aromatic carbocycles. The van der Waals surface area contributed by atoms with Gasteiger partial charge in [-0.25, -0.2) is 0 Å². The molecule has 0 bridgehead atoms. The molecule has 0 heterocycles. The second-order valence-electron chi connectivity index (χ2n) is 2.85. The van der Waals surface area contributed by atoms with Crippen LogP contribution in [0.1, 0.15) is 6.42 Å². The van der Waals surface area contributed by atoms with Crippen molar-refractivity contribution in [1.29, 1.82) is 0 Å². The Labute approximate surface area is 74.7 Å². The number of rotatable bonds is 2. The fourth-order valence-electron chi connectivity index (χ4n) is 0.995. The summed E-state index contributed by atoms with van der Waals surface area (Å²) in [7, 11) is 0. The van der Waals surface area contributed by atoms with E-state index >= 15 is 0 Å². The van der Waals surface area contributed by atoms with Crippen LogP contribution in [-0.2, 0) is 9.59 Å². The van der Waals surface area contributed by atoms with E-state index in [-0.39, 0.29) is 12.0 Å². The first-order chi connectivity index (χ1) is 5.96. The van der Waals surface area contributed by atoms with Gasteiger partial charge in [-0.2, -0.15) is 0 Å². The molecular weight excluding hydrogens is 172 g/mol. The highest BCUT2D eigenvalue weighted by molar-refractivity contribution is 5.96. The number of hydrogen-bond donors (Lipinski definition) is 3. The highest BCUT2D eigenvalue weighted by Gasteiger charge is 2.31. The van der Waals surface area contributed by atoms with Crippen LogP contribution in [0.5, 0.6) is 0 Å². The Hall–Kier alpha value is -1.62. The fourth-order valence-corrected chi connectivity index (χ4v) is 0.995. The average molecular weight is 182 g/mol. The van der Waals surface area contributed by atoms with E-state index in [2.05, 4.69) is 0 Å². The van der Waals surface area contributed by atoms with Gasteiger partial charge in [-0.3, -0.25) is 9.59 Å². The molecule has 0 aliphatic heterocycles. The molecule has 0 radical (unpaired) electrons. The van der Waals surface area contributed by atoms with Gasteiger partial charge in [-0.1, -0.05) is 12.2 Å². The predicted octanol–water partition coefficient (Wildman–Crippen LogP) is -1.43. The molecular formula is C8H10N2O3. The third-order valence-corrected chi connectivity index (χ3v) is 1.88. The number of carbonyl (C=O) groups is 2. The molecule has 0 aromatic heterocycles. The topological polar surface area (TPSA) is 106 Å². The van der Waals surface area contributed by atoms with Crippen LogP contribution in [0.25, 0.3) is 0 Å². The van der Waals surface area contributed by atoms with Gasteiger partial charge in [-0.15, -0.1) is 0 Å². The molecule has 0 fully saturated rings. The molecule has 1 unspecified atom stereocenters. The Morgan fingerprint density at radius 1 is 1.46 bits per heavy atom. The summed E-state index contributed by atoms with van der Waals surface area (Å²) in [6, 6.07) is 0. The van der Waals surface area contributed by atoms with Crippen molar-refractivity contribution < 1.29 is 14.7 Å². The quantitative estimate of drug-likeness (QED) is 0.487. The second-order valence-corrected chi connectivity index (χ2v) is 2.85. The highest BCUT2D eigenvalue weighted by Crippen LogP contribution is 2.20. The van der Waals surface area contributed by atoms with E-state index in [0.717, 1.165) is 0 Å². The Balaban J connectivity index is 2.85. The molecule has 1 aliphatic carbocycles. The van der Waals surface area contributed by atoms with E-state index in [9.17, 15) is 14.7 Å². The minimum Gasteiger partial charge on any atom is -0.376 e. The molecule has 0 saturated heterocycles.